The third-order valence-electron chi connectivity index (χ3n) is 8.81. The summed E-state index contributed by atoms with van der Waals surface area (Å²) in [5.41, 5.74) is 4.44. The Bertz CT molecular complexity index is 1990. The van der Waals surface area contributed by atoms with Crippen molar-refractivity contribution in [2.24, 2.45) is 5.16 Å². The third kappa shape index (κ3) is 7.74. The Morgan fingerprint density at radius 1 is 0.577 bits per heavy atom. The number of hydrogen-bond donors (Lipinski definition) is 1. The van der Waals surface area contributed by atoms with Crippen LogP contribution >= 0.6 is 48.6 Å². The standard InChI is InChI=1S/C44H35N3O2S.I2/c1-33(48)41(47-49-44(37-26-14-5-15-27-37,38-28-16-6-17-29-38)39-30-18-7-19-31-39)40-32-50-42(45-40)46-43(34-20-8-2-9-21-34,35-22-10-3-11-23-35)36-24-12-4-13-25-36;1-2/h2-32H,1H3,(H,45,46);/b47-41-;. The lowest BCUT2D eigenvalue weighted by Gasteiger charge is -2.36. The molecule has 0 amide bonds. The highest BCUT2D eigenvalue weighted by molar-refractivity contribution is 15.0. The van der Waals surface area contributed by atoms with Crippen LogP contribution < -0.4 is 5.32 Å². The van der Waals surface area contributed by atoms with Crippen LogP contribution in [0, 0.1) is 0 Å². The number of rotatable bonds is 12. The minimum absolute atomic E-state index is 0.131. The molecular formula is C44H35I2N3O2S. The van der Waals surface area contributed by atoms with Gasteiger partial charge in [-0.05, 0) is 16.7 Å². The fraction of sp³-hybridized carbons (Fsp3) is 0.0682. The number of halogens is 2. The number of oxime groups is 1. The molecule has 7 rings (SSSR count). The lowest BCUT2D eigenvalue weighted by molar-refractivity contribution is -0.111. The Morgan fingerprint density at radius 2 is 0.904 bits per heavy atom. The molecule has 0 aliphatic rings. The molecule has 1 heterocycles. The van der Waals surface area contributed by atoms with Gasteiger partial charge in [0.05, 0.1) is 0 Å². The first kappa shape index (κ1) is 37.1. The molecule has 0 saturated heterocycles. The van der Waals surface area contributed by atoms with Gasteiger partial charge >= 0.3 is 0 Å². The van der Waals surface area contributed by atoms with Gasteiger partial charge in [-0.2, -0.15) is 0 Å². The molecule has 0 saturated carbocycles. The summed E-state index contributed by atoms with van der Waals surface area (Å²) in [5.74, 6) is -0.259. The van der Waals surface area contributed by atoms with Crippen molar-refractivity contribution in [2.45, 2.75) is 18.1 Å². The molecule has 8 heteroatoms. The van der Waals surface area contributed by atoms with E-state index in [1.807, 2.05) is 151 Å². The number of Topliss-reactive ketones (excluding diaryl/α,β-unsaturated/α-hetero) is 1. The topological polar surface area (TPSA) is 63.6 Å². The summed E-state index contributed by atoms with van der Waals surface area (Å²) >= 11 is 5.66. The van der Waals surface area contributed by atoms with Crippen molar-refractivity contribution >= 4 is 65.2 Å². The molecule has 5 nitrogen and oxygen atoms in total. The summed E-state index contributed by atoms with van der Waals surface area (Å²) in [6.07, 6.45) is 0. The average molecular weight is 924 g/mol. The Kier molecular flexibility index (Phi) is 12.6. The van der Waals surface area contributed by atoms with E-state index in [9.17, 15) is 4.79 Å². The van der Waals surface area contributed by atoms with Gasteiger partial charge in [-0.3, -0.25) is 4.79 Å². The van der Waals surface area contributed by atoms with E-state index in [1.165, 1.54) is 18.3 Å². The number of thiazole rings is 1. The molecule has 7 aromatic rings. The number of carbonyl (C=O) groups excluding carboxylic acids is 1. The van der Waals surface area contributed by atoms with Crippen LogP contribution in [-0.4, -0.2) is 16.5 Å². The van der Waals surface area contributed by atoms with Crippen molar-refractivity contribution < 1.29 is 9.63 Å². The molecule has 0 bridgehead atoms. The van der Waals surface area contributed by atoms with Crippen LogP contribution in [0.3, 0.4) is 0 Å². The third-order valence-corrected chi connectivity index (χ3v) is 9.57. The SMILES string of the molecule is CC(=O)/C(=N/OC(c1ccccc1)(c1ccccc1)c1ccccc1)c1csc(NC(c2ccccc2)(c2ccccc2)c2ccccc2)n1.II. The Morgan fingerprint density at radius 3 is 1.23 bits per heavy atom. The number of anilines is 1. The number of carbonyl (C=O) groups is 1. The van der Waals surface area contributed by atoms with Gasteiger partial charge in [0.15, 0.2) is 16.6 Å². The van der Waals surface area contributed by atoms with Crippen LogP contribution in [-0.2, 0) is 20.8 Å². The summed E-state index contributed by atoms with van der Waals surface area (Å²) in [7, 11) is 0. The maximum absolute atomic E-state index is 13.4. The van der Waals surface area contributed by atoms with Gasteiger partial charge in [-0.25, -0.2) is 4.98 Å². The Hall–Kier alpha value is -4.65. The molecule has 0 radical (unpaired) electrons. The lowest BCUT2D eigenvalue weighted by atomic mass is 9.77. The summed E-state index contributed by atoms with van der Waals surface area (Å²) in [4.78, 5) is 25.0. The smallest absolute Gasteiger partial charge is 0.212 e. The summed E-state index contributed by atoms with van der Waals surface area (Å²) in [6, 6.07) is 60.9. The van der Waals surface area contributed by atoms with Crippen LogP contribution in [0.4, 0.5) is 5.13 Å². The number of nitrogens with zero attached hydrogens (tertiary/aromatic N) is 2. The molecule has 52 heavy (non-hydrogen) atoms. The van der Waals surface area contributed by atoms with E-state index in [1.54, 1.807) is 0 Å². The van der Waals surface area contributed by atoms with Crippen LogP contribution in [0.15, 0.2) is 193 Å². The van der Waals surface area contributed by atoms with Gasteiger partial charge in [-0.1, -0.05) is 187 Å². The highest BCUT2D eigenvalue weighted by atomic mass is 128. The van der Waals surface area contributed by atoms with E-state index in [0.717, 1.165) is 33.4 Å². The van der Waals surface area contributed by atoms with Gasteiger partial charge in [-0.15, -0.1) is 11.3 Å². The number of aromatic nitrogens is 1. The number of hydrogen-bond acceptors (Lipinski definition) is 6. The predicted octanol–water partition coefficient (Wildman–Crippen LogP) is 11.6. The molecular weight excluding hydrogens is 888 g/mol. The highest BCUT2D eigenvalue weighted by Crippen LogP contribution is 2.42. The van der Waals surface area contributed by atoms with Gasteiger partial charge in [0.2, 0.25) is 5.60 Å². The second kappa shape index (κ2) is 17.7. The van der Waals surface area contributed by atoms with E-state index in [-0.39, 0.29) is 11.5 Å². The molecule has 1 aromatic heterocycles. The number of ketones is 1. The second-order valence-corrected chi connectivity index (χ2v) is 12.7. The van der Waals surface area contributed by atoms with Crippen molar-refractivity contribution in [3.05, 3.63) is 226 Å². The number of benzene rings is 6. The van der Waals surface area contributed by atoms with E-state index in [0.29, 0.717) is 10.8 Å². The van der Waals surface area contributed by atoms with E-state index in [4.69, 9.17) is 9.82 Å². The second-order valence-electron chi connectivity index (χ2n) is 11.9. The van der Waals surface area contributed by atoms with Gasteiger partial charge in [0.25, 0.3) is 0 Å². The fourth-order valence-electron chi connectivity index (χ4n) is 6.46. The zero-order valence-corrected chi connectivity index (χ0v) is 33.4. The molecule has 0 fully saturated rings. The summed E-state index contributed by atoms with van der Waals surface area (Å²) < 4.78 is 0. The first-order valence-corrected chi connectivity index (χ1v) is 23.8. The Balaban J connectivity index is 0.00000228. The van der Waals surface area contributed by atoms with Crippen LogP contribution in [0.1, 0.15) is 46.0 Å². The number of nitrogens with one attached hydrogen (secondary N) is 1. The van der Waals surface area contributed by atoms with Gasteiger partial charge < -0.3 is 10.2 Å². The van der Waals surface area contributed by atoms with Crippen molar-refractivity contribution in [1.29, 1.82) is 0 Å². The molecule has 6 aromatic carbocycles. The molecule has 0 unspecified atom stereocenters. The normalized spacial score (nSPS) is 11.6. The van der Waals surface area contributed by atoms with Gasteiger partial charge in [0, 0.05) is 66.2 Å². The quantitative estimate of drug-likeness (QED) is 0.0574. The average Bonchev–Trinajstić information content (AvgIpc) is 3.69. The molecule has 0 aliphatic heterocycles. The largest absolute Gasteiger partial charge is 0.374 e. The molecule has 0 aliphatic carbocycles. The van der Waals surface area contributed by atoms with E-state index < -0.39 is 11.1 Å². The monoisotopic (exact) mass is 923 g/mol. The van der Waals surface area contributed by atoms with E-state index in [2.05, 4.69) is 84.1 Å². The first-order valence-electron chi connectivity index (χ1n) is 16.6. The zero-order chi connectivity index (χ0) is 36.2. The lowest BCUT2D eigenvalue weighted by Crippen LogP contribution is -2.38. The minimum atomic E-state index is -1.13. The molecule has 1 N–H and O–H groups in total. The van der Waals surface area contributed by atoms with Crippen molar-refractivity contribution in [2.75, 3.05) is 5.32 Å². The minimum Gasteiger partial charge on any atom is -0.374 e. The zero-order valence-electron chi connectivity index (χ0n) is 28.3. The molecule has 0 spiro atoms. The first-order chi connectivity index (χ1) is 25.6. The van der Waals surface area contributed by atoms with Crippen molar-refractivity contribution in [3.8, 4) is 0 Å². The van der Waals surface area contributed by atoms with Crippen LogP contribution in [0.5, 0.6) is 0 Å². The maximum atomic E-state index is 13.4. The summed E-state index contributed by atoms with van der Waals surface area (Å²) in [6.45, 7) is 1.49. The fourth-order valence-corrected chi connectivity index (χ4v) is 7.21. The molecule has 0 atom stereocenters. The van der Waals surface area contributed by atoms with Gasteiger partial charge in [0.1, 0.15) is 11.2 Å². The van der Waals surface area contributed by atoms with Crippen molar-refractivity contribution in [3.63, 3.8) is 0 Å². The van der Waals surface area contributed by atoms with E-state index >= 15 is 0 Å². The maximum Gasteiger partial charge on any atom is 0.212 e. The Labute approximate surface area is 332 Å². The predicted molar refractivity (Wildman–Crippen MR) is 230 cm³/mol. The summed E-state index contributed by atoms with van der Waals surface area (Å²) in [5, 5.41) is 11.0. The van der Waals surface area contributed by atoms with Crippen LogP contribution in [0.25, 0.3) is 0 Å². The molecule has 258 valence electrons. The van der Waals surface area contributed by atoms with Crippen LogP contribution in [0.2, 0.25) is 0 Å². The van der Waals surface area contributed by atoms with Crippen molar-refractivity contribution in [1.82, 2.24) is 4.98 Å². The highest BCUT2D eigenvalue weighted by Gasteiger charge is 2.40.